The van der Waals surface area contributed by atoms with Gasteiger partial charge in [0.25, 0.3) is 0 Å². The molecule has 0 spiro atoms. The predicted octanol–water partition coefficient (Wildman–Crippen LogP) is 2.90. The van der Waals surface area contributed by atoms with Crippen molar-refractivity contribution < 1.29 is 9.53 Å². The molecule has 0 aliphatic rings. The molecule has 0 saturated heterocycles. The smallest absolute Gasteiger partial charge is 0.332 e. The number of nitrogens with zero attached hydrogens (tertiary/aromatic N) is 1. The quantitative estimate of drug-likeness (QED) is 0.374. The van der Waals surface area contributed by atoms with Crippen molar-refractivity contribution in [1.29, 1.82) is 0 Å². The number of hydrogen-bond acceptors (Lipinski definition) is 4. The summed E-state index contributed by atoms with van der Waals surface area (Å²) in [4.78, 5) is 10.7. The lowest BCUT2D eigenvalue weighted by Crippen LogP contribution is -2.25. The van der Waals surface area contributed by atoms with E-state index in [1.807, 2.05) is 48.5 Å². The molecule has 0 atom stereocenters. The second-order valence-corrected chi connectivity index (χ2v) is 5.47. The van der Waals surface area contributed by atoms with Gasteiger partial charge in [-0.05, 0) is 61.1 Å². The molecule has 130 valence electrons. The van der Waals surface area contributed by atoms with Crippen LogP contribution in [-0.2, 0) is 0 Å². The highest BCUT2D eigenvalue weighted by molar-refractivity contribution is 7.80. The number of ether oxygens (including phenoxy) is 1. The van der Waals surface area contributed by atoms with Crippen LogP contribution >= 0.6 is 12.2 Å². The third-order valence-corrected chi connectivity index (χ3v) is 3.45. The van der Waals surface area contributed by atoms with E-state index >= 15 is 0 Å². The van der Waals surface area contributed by atoms with Gasteiger partial charge in [0.15, 0.2) is 5.11 Å². The van der Waals surface area contributed by atoms with Crippen LogP contribution in [0.2, 0.25) is 0 Å². The van der Waals surface area contributed by atoms with Gasteiger partial charge in [0.2, 0.25) is 0 Å². The Morgan fingerprint density at radius 3 is 2.04 bits per heavy atom. The normalized spacial score (nSPS) is 10.7. The summed E-state index contributed by atoms with van der Waals surface area (Å²) in [7, 11) is 1.62. The Bertz CT molecular complexity index is 773. The fourth-order valence-corrected chi connectivity index (χ4v) is 2.20. The number of carbonyl (C=O) groups is 1. The van der Waals surface area contributed by atoms with Crippen LogP contribution in [0.3, 0.4) is 0 Å². The van der Waals surface area contributed by atoms with E-state index in [-0.39, 0.29) is 0 Å². The van der Waals surface area contributed by atoms with Gasteiger partial charge in [-0.15, -0.1) is 0 Å². The van der Waals surface area contributed by atoms with E-state index in [4.69, 9.17) is 22.7 Å². The third-order valence-electron chi connectivity index (χ3n) is 3.24. The minimum Gasteiger partial charge on any atom is -0.497 e. The molecule has 0 saturated carbocycles. The van der Waals surface area contributed by atoms with Crippen molar-refractivity contribution in [3.05, 3.63) is 54.1 Å². The van der Waals surface area contributed by atoms with Crippen molar-refractivity contribution >= 4 is 40.4 Å². The third kappa shape index (κ3) is 5.78. The van der Waals surface area contributed by atoms with Crippen molar-refractivity contribution in [3.63, 3.8) is 0 Å². The maximum Gasteiger partial charge on any atom is 0.332 e. The number of hydrogen-bond donors (Lipinski definition) is 4. The standard InChI is InChI=1S/C17H19N5O2S/c1-11(21-22-16(18)23)12-3-5-13(6-4-12)19-17(25)20-14-7-9-15(24-2)10-8-14/h3-10H,1-2H3,(H3,18,22,23)(H2,19,20,25)/b21-11-. The summed E-state index contributed by atoms with van der Waals surface area (Å²) >= 11 is 5.30. The SMILES string of the molecule is COc1ccc(NC(=S)Nc2ccc(/C(C)=N\NC(N)=O)cc2)cc1. The van der Waals surface area contributed by atoms with E-state index in [1.54, 1.807) is 14.0 Å². The molecule has 0 aromatic heterocycles. The Labute approximate surface area is 151 Å². The molecule has 0 unspecified atom stereocenters. The molecular weight excluding hydrogens is 338 g/mol. The monoisotopic (exact) mass is 357 g/mol. The van der Waals surface area contributed by atoms with Gasteiger partial charge in [-0.25, -0.2) is 10.2 Å². The number of nitrogens with one attached hydrogen (secondary N) is 3. The lowest BCUT2D eigenvalue weighted by molar-refractivity contribution is 0.249. The number of carbonyl (C=O) groups excluding carboxylic acids is 1. The number of primary amides is 1. The zero-order valence-electron chi connectivity index (χ0n) is 13.9. The highest BCUT2D eigenvalue weighted by Crippen LogP contribution is 2.16. The van der Waals surface area contributed by atoms with Crippen molar-refractivity contribution in [1.82, 2.24) is 5.43 Å². The molecule has 0 fully saturated rings. The first-order valence-electron chi connectivity index (χ1n) is 7.40. The van der Waals surface area contributed by atoms with Gasteiger partial charge in [0.1, 0.15) is 5.75 Å². The number of hydrazone groups is 1. The van der Waals surface area contributed by atoms with Crippen molar-refractivity contribution in [2.45, 2.75) is 6.92 Å². The van der Waals surface area contributed by atoms with E-state index in [9.17, 15) is 4.79 Å². The largest absolute Gasteiger partial charge is 0.497 e. The molecule has 2 aromatic rings. The Morgan fingerprint density at radius 2 is 1.56 bits per heavy atom. The number of anilines is 2. The Morgan fingerprint density at radius 1 is 1.04 bits per heavy atom. The van der Waals surface area contributed by atoms with Gasteiger partial charge in [-0.3, -0.25) is 0 Å². The van der Waals surface area contributed by atoms with Crippen LogP contribution < -0.4 is 26.5 Å². The number of urea groups is 1. The first kappa shape index (κ1) is 18.2. The molecule has 0 heterocycles. The summed E-state index contributed by atoms with van der Waals surface area (Å²) in [6.07, 6.45) is 0. The van der Waals surface area contributed by atoms with Crippen LogP contribution in [-0.4, -0.2) is 24.0 Å². The van der Waals surface area contributed by atoms with Gasteiger partial charge in [-0.2, -0.15) is 5.10 Å². The molecule has 2 aromatic carbocycles. The maximum atomic E-state index is 10.7. The number of benzene rings is 2. The molecule has 0 bridgehead atoms. The lowest BCUT2D eigenvalue weighted by atomic mass is 10.1. The summed E-state index contributed by atoms with van der Waals surface area (Å²) in [6, 6.07) is 14.2. The zero-order valence-corrected chi connectivity index (χ0v) is 14.7. The summed E-state index contributed by atoms with van der Waals surface area (Å²) in [5, 5.41) is 10.5. The van der Waals surface area contributed by atoms with E-state index in [1.165, 1.54) is 0 Å². The molecule has 0 aliphatic heterocycles. The molecule has 7 nitrogen and oxygen atoms in total. The highest BCUT2D eigenvalue weighted by Gasteiger charge is 2.02. The van der Waals surface area contributed by atoms with Gasteiger partial charge in [-0.1, -0.05) is 12.1 Å². The summed E-state index contributed by atoms with van der Waals surface area (Å²) in [5.41, 5.74) is 10.4. The fourth-order valence-electron chi connectivity index (χ4n) is 1.97. The zero-order chi connectivity index (χ0) is 18.2. The van der Waals surface area contributed by atoms with Crippen molar-refractivity contribution in [3.8, 4) is 5.75 Å². The molecule has 2 rings (SSSR count). The maximum absolute atomic E-state index is 10.7. The van der Waals surface area contributed by atoms with Crippen LogP contribution in [0.4, 0.5) is 16.2 Å². The summed E-state index contributed by atoms with van der Waals surface area (Å²) < 4.78 is 5.11. The van der Waals surface area contributed by atoms with Gasteiger partial charge < -0.3 is 21.1 Å². The van der Waals surface area contributed by atoms with Gasteiger partial charge >= 0.3 is 6.03 Å². The Balaban J connectivity index is 1.94. The Hall–Kier alpha value is -3.13. The van der Waals surface area contributed by atoms with Gasteiger partial charge in [0, 0.05) is 11.4 Å². The molecule has 5 N–H and O–H groups in total. The highest BCUT2D eigenvalue weighted by atomic mass is 32.1. The van der Waals surface area contributed by atoms with Gasteiger partial charge in [0.05, 0.1) is 12.8 Å². The summed E-state index contributed by atoms with van der Waals surface area (Å²) in [5.74, 6) is 0.780. The number of thiocarbonyl (C=S) groups is 1. The molecule has 8 heteroatoms. The fraction of sp³-hybridized carbons (Fsp3) is 0.118. The molecule has 2 amide bonds. The Kier molecular flexibility index (Phi) is 6.30. The van der Waals surface area contributed by atoms with E-state index in [2.05, 4.69) is 21.2 Å². The average molecular weight is 357 g/mol. The molecule has 0 aliphatic carbocycles. The number of methoxy groups -OCH3 is 1. The average Bonchev–Trinajstić information content (AvgIpc) is 2.61. The van der Waals surface area contributed by atoms with Crippen LogP contribution in [0.5, 0.6) is 5.75 Å². The second kappa shape index (κ2) is 8.65. The van der Waals surface area contributed by atoms with E-state index in [0.29, 0.717) is 10.8 Å². The predicted molar refractivity (Wildman–Crippen MR) is 104 cm³/mol. The van der Waals surface area contributed by atoms with Crippen molar-refractivity contribution in [2.24, 2.45) is 10.8 Å². The molecular formula is C17H19N5O2S. The first-order valence-corrected chi connectivity index (χ1v) is 7.81. The molecule has 25 heavy (non-hydrogen) atoms. The second-order valence-electron chi connectivity index (χ2n) is 5.06. The van der Waals surface area contributed by atoms with Crippen LogP contribution in [0.1, 0.15) is 12.5 Å². The minimum absolute atomic E-state index is 0.471. The summed E-state index contributed by atoms with van der Waals surface area (Å²) in [6.45, 7) is 1.77. The van der Waals surface area contributed by atoms with E-state index < -0.39 is 6.03 Å². The lowest BCUT2D eigenvalue weighted by Gasteiger charge is -2.11. The van der Waals surface area contributed by atoms with Crippen LogP contribution in [0, 0.1) is 0 Å². The number of amides is 2. The van der Waals surface area contributed by atoms with E-state index in [0.717, 1.165) is 22.7 Å². The van der Waals surface area contributed by atoms with Crippen molar-refractivity contribution in [2.75, 3.05) is 17.7 Å². The number of nitrogens with two attached hydrogens (primary N) is 1. The number of rotatable bonds is 5. The molecule has 0 radical (unpaired) electrons. The topological polar surface area (TPSA) is 101 Å². The minimum atomic E-state index is -0.701. The van der Waals surface area contributed by atoms with Crippen LogP contribution in [0.25, 0.3) is 0 Å². The van der Waals surface area contributed by atoms with Crippen LogP contribution in [0.15, 0.2) is 53.6 Å². The first-order chi connectivity index (χ1) is 12.0.